The van der Waals surface area contributed by atoms with E-state index in [-0.39, 0.29) is 6.54 Å². The molecular weight excluding hydrogens is 328 g/mol. The van der Waals surface area contributed by atoms with E-state index in [1.807, 2.05) is 0 Å². The number of para-hydroxylation sites is 2. The van der Waals surface area contributed by atoms with E-state index < -0.39 is 5.97 Å². The molecule has 3 heterocycles. The number of imidazole rings is 1. The molecule has 1 unspecified atom stereocenters. The zero-order chi connectivity index (χ0) is 18.1. The molecule has 1 atom stereocenters. The molecule has 4 rings (SSSR count). The summed E-state index contributed by atoms with van der Waals surface area (Å²) in [5.74, 6) is 0.367. The summed E-state index contributed by atoms with van der Waals surface area (Å²) >= 11 is 0. The number of carboxylic acids is 1. The Morgan fingerprint density at radius 1 is 1.15 bits per heavy atom. The molecule has 2 aliphatic rings. The van der Waals surface area contributed by atoms with Crippen molar-refractivity contribution in [3.05, 3.63) is 30.1 Å². The molecule has 26 heavy (non-hydrogen) atoms. The number of carboxylic acid groups (broad SMARTS) is 1. The summed E-state index contributed by atoms with van der Waals surface area (Å²) in [5, 5.41) is 9.02. The minimum Gasteiger partial charge on any atom is -0.480 e. The van der Waals surface area contributed by atoms with Gasteiger partial charge in [0.05, 0.1) is 23.7 Å². The third-order valence-corrected chi connectivity index (χ3v) is 5.97. The Morgan fingerprint density at radius 2 is 1.92 bits per heavy atom. The lowest BCUT2D eigenvalue weighted by molar-refractivity contribution is -0.138. The van der Waals surface area contributed by atoms with Gasteiger partial charge in [-0.25, -0.2) is 4.98 Å². The molecule has 0 aliphatic carbocycles. The summed E-state index contributed by atoms with van der Waals surface area (Å²) in [6.07, 6.45) is 6.14. The summed E-state index contributed by atoms with van der Waals surface area (Å²) in [4.78, 5) is 20.5. The lowest BCUT2D eigenvalue weighted by Gasteiger charge is -2.45. The highest BCUT2D eigenvalue weighted by Crippen LogP contribution is 2.34. The van der Waals surface area contributed by atoms with Gasteiger partial charge in [0.1, 0.15) is 5.82 Å². The second kappa shape index (κ2) is 7.37. The number of rotatable bonds is 4. The van der Waals surface area contributed by atoms with E-state index in [1.165, 1.54) is 18.4 Å². The second-order valence-corrected chi connectivity index (χ2v) is 7.63. The first-order chi connectivity index (χ1) is 12.6. The lowest BCUT2D eigenvalue weighted by atomic mass is 9.98. The number of nitrogens with zero attached hydrogens (tertiary/aromatic N) is 4. The Hall–Kier alpha value is -1.92. The van der Waals surface area contributed by atoms with Crippen LogP contribution in [0.2, 0.25) is 0 Å². The predicted molar refractivity (Wildman–Crippen MR) is 101 cm³/mol. The van der Waals surface area contributed by atoms with Crippen molar-refractivity contribution in [3.8, 4) is 0 Å². The minimum absolute atomic E-state index is 0.168. The monoisotopic (exact) mass is 356 g/mol. The van der Waals surface area contributed by atoms with Crippen LogP contribution in [0, 0.1) is 6.92 Å². The SMILES string of the molecule is Cc1nc2ccccc2n1C1CCCCN1C1CCN(CC(=O)O)CC1. The normalized spacial score (nSPS) is 23.5. The average Bonchev–Trinajstić information content (AvgIpc) is 2.97. The number of carbonyl (C=O) groups is 1. The molecular formula is C20H28N4O2. The van der Waals surface area contributed by atoms with Crippen molar-refractivity contribution in [1.29, 1.82) is 0 Å². The molecule has 0 spiro atoms. The van der Waals surface area contributed by atoms with Gasteiger partial charge in [0.2, 0.25) is 0 Å². The molecule has 2 fully saturated rings. The van der Waals surface area contributed by atoms with E-state index in [9.17, 15) is 4.79 Å². The van der Waals surface area contributed by atoms with Crippen LogP contribution >= 0.6 is 0 Å². The number of piperidine rings is 2. The van der Waals surface area contributed by atoms with Gasteiger partial charge in [0.25, 0.3) is 0 Å². The van der Waals surface area contributed by atoms with Crippen molar-refractivity contribution in [2.45, 2.75) is 51.2 Å². The number of hydrogen-bond acceptors (Lipinski definition) is 4. The molecule has 1 aromatic carbocycles. The number of aromatic nitrogens is 2. The van der Waals surface area contributed by atoms with Gasteiger partial charge in [-0.15, -0.1) is 0 Å². The van der Waals surface area contributed by atoms with Crippen LogP contribution in [0.1, 0.15) is 44.1 Å². The van der Waals surface area contributed by atoms with Crippen molar-refractivity contribution in [3.63, 3.8) is 0 Å². The van der Waals surface area contributed by atoms with Gasteiger partial charge < -0.3 is 9.67 Å². The minimum atomic E-state index is -0.722. The van der Waals surface area contributed by atoms with Crippen LogP contribution in [0.4, 0.5) is 0 Å². The maximum atomic E-state index is 11.0. The van der Waals surface area contributed by atoms with E-state index >= 15 is 0 Å². The van der Waals surface area contributed by atoms with Gasteiger partial charge in [-0.1, -0.05) is 12.1 Å². The zero-order valence-corrected chi connectivity index (χ0v) is 15.5. The number of benzene rings is 1. The molecule has 6 nitrogen and oxygen atoms in total. The molecule has 2 saturated heterocycles. The molecule has 2 aliphatic heterocycles. The number of hydrogen-bond donors (Lipinski definition) is 1. The van der Waals surface area contributed by atoms with E-state index in [1.54, 1.807) is 0 Å². The van der Waals surface area contributed by atoms with Crippen LogP contribution in [0.25, 0.3) is 11.0 Å². The smallest absolute Gasteiger partial charge is 0.317 e. The fourth-order valence-electron chi connectivity index (χ4n) is 4.78. The number of aliphatic carboxylic acids is 1. The Morgan fingerprint density at radius 3 is 2.69 bits per heavy atom. The van der Waals surface area contributed by atoms with Crippen molar-refractivity contribution >= 4 is 17.0 Å². The summed E-state index contributed by atoms with van der Waals surface area (Å²) < 4.78 is 2.43. The average molecular weight is 356 g/mol. The molecule has 6 heteroatoms. The first-order valence-corrected chi connectivity index (χ1v) is 9.77. The predicted octanol–water partition coefficient (Wildman–Crippen LogP) is 2.88. The summed E-state index contributed by atoms with van der Waals surface area (Å²) in [5.41, 5.74) is 2.30. The van der Waals surface area contributed by atoms with Crippen LogP contribution in [0.15, 0.2) is 24.3 Å². The molecule has 0 radical (unpaired) electrons. The van der Waals surface area contributed by atoms with Gasteiger partial charge in [-0.3, -0.25) is 14.6 Å². The van der Waals surface area contributed by atoms with Crippen molar-refractivity contribution in [2.75, 3.05) is 26.2 Å². The quantitative estimate of drug-likeness (QED) is 0.913. The second-order valence-electron chi connectivity index (χ2n) is 7.63. The summed E-state index contributed by atoms with van der Waals surface area (Å²) in [6.45, 7) is 5.16. The maximum absolute atomic E-state index is 11.0. The van der Waals surface area contributed by atoms with E-state index in [2.05, 4.69) is 45.6 Å². The van der Waals surface area contributed by atoms with Gasteiger partial charge in [-0.2, -0.15) is 0 Å². The van der Waals surface area contributed by atoms with Crippen molar-refractivity contribution in [2.24, 2.45) is 0 Å². The number of likely N-dealkylation sites (tertiary alicyclic amines) is 2. The highest BCUT2D eigenvalue weighted by molar-refractivity contribution is 5.76. The molecule has 2 aromatic rings. The highest BCUT2D eigenvalue weighted by atomic mass is 16.4. The van der Waals surface area contributed by atoms with Gasteiger partial charge in [0.15, 0.2) is 0 Å². The number of fused-ring (bicyclic) bond motifs is 1. The fourth-order valence-corrected chi connectivity index (χ4v) is 4.78. The molecule has 140 valence electrons. The summed E-state index contributed by atoms with van der Waals surface area (Å²) in [7, 11) is 0. The standard InChI is InChI=1S/C20H28N4O2/c1-15-21-17-6-2-3-7-18(17)24(15)19-8-4-5-11-23(19)16-9-12-22(13-10-16)14-20(25)26/h2-3,6-7,16,19H,4-5,8-14H2,1H3,(H,25,26). The lowest BCUT2D eigenvalue weighted by Crippen LogP contribution is -2.50. The largest absolute Gasteiger partial charge is 0.480 e. The topological polar surface area (TPSA) is 61.6 Å². The highest BCUT2D eigenvalue weighted by Gasteiger charge is 2.33. The third kappa shape index (κ3) is 3.35. The Kier molecular flexibility index (Phi) is 4.96. The van der Waals surface area contributed by atoms with E-state index in [4.69, 9.17) is 10.1 Å². The van der Waals surface area contributed by atoms with Crippen LogP contribution in [-0.4, -0.2) is 62.6 Å². The zero-order valence-electron chi connectivity index (χ0n) is 15.5. The van der Waals surface area contributed by atoms with Gasteiger partial charge in [-0.05, 0) is 51.2 Å². The molecule has 0 amide bonds. The van der Waals surface area contributed by atoms with E-state index in [0.717, 1.165) is 50.2 Å². The van der Waals surface area contributed by atoms with Crippen LogP contribution in [0.3, 0.4) is 0 Å². The van der Waals surface area contributed by atoms with E-state index in [0.29, 0.717) is 12.2 Å². The third-order valence-electron chi connectivity index (χ3n) is 5.97. The first kappa shape index (κ1) is 17.5. The van der Waals surface area contributed by atoms with Gasteiger partial charge in [0, 0.05) is 25.7 Å². The molecule has 0 saturated carbocycles. The van der Waals surface area contributed by atoms with Crippen molar-refractivity contribution in [1.82, 2.24) is 19.4 Å². The maximum Gasteiger partial charge on any atom is 0.317 e. The Bertz CT molecular complexity index is 779. The van der Waals surface area contributed by atoms with Crippen LogP contribution in [0.5, 0.6) is 0 Å². The van der Waals surface area contributed by atoms with Crippen molar-refractivity contribution < 1.29 is 9.90 Å². The Balaban J connectivity index is 1.56. The Labute approximate surface area is 154 Å². The molecule has 1 aromatic heterocycles. The van der Waals surface area contributed by atoms with Crippen LogP contribution in [-0.2, 0) is 4.79 Å². The van der Waals surface area contributed by atoms with Crippen LogP contribution < -0.4 is 0 Å². The molecule has 1 N–H and O–H groups in total. The fraction of sp³-hybridized carbons (Fsp3) is 0.600. The van der Waals surface area contributed by atoms with Gasteiger partial charge >= 0.3 is 5.97 Å². The first-order valence-electron chi connectivity index (χ1n) is 9.77. The summed E-state index contributed by atoms with van der Waals surface area (Å²) in [6, 6.07) is 8.95. The number of aryl methyl sites for hydroxylation is 1. The molecule has 0 bridgehead atoms.